The molecule has 3 N–H and O–H groups in total. The van der Waals surface area contributed by atoms with Gasteiger partial charge in [0.25, 0.3) is 0 Å². The first kappa shape index (κ1) is 11.1. The lowest BCUT2D eigenvalue weighted by atomic mass is 9.94. The number of rotatable bonds is 3. The molecule has 1 aromatic carbocycles. The minimum atomic E-state index is -0.767. The Morgan fingerprint density at radius 1 is 1.50 bits per heavy atom. The van der Waals surface area contributed by atoms with Crippen molar-refractivity contribution in [2.24, 2.45) is 5.73 Å². The number of nitrogens with two attached hydrogens (primary N) is 1. The molecule has 0 aliphatic heterocycles. The van der Waals surface area contributed by atoms with E-state index in [1.54, 1.807) is 0 Å². The van der Waals surface area contributed by atoms with Crippen LogP contribution in [-0.2, 0) is 30.5 Å². The first-order chi connectivity index (χ1) is 7.61. The van der Waals surface area contributed by atoms with Crippen LogP contribution < -0.4 is 5.73 Å². The predicted molar refractivity (Wildman–Crippen MR) is 62.5 cm³/mol. The summed E-state index contributed by atoms with van der Waals surface area (Å²) in [6.45, 7) is 2.07. The summed E-state index contributed by atoms with van der Waals surface area (Å²) in [7, 11) is 0. The van der Waals surface area contributed by atoms with E-state index in [2.05, 4.69) is 6.92 Å². The van der Waals surface area contributed by atoms with Gasteiger partial charge in [0.15, 0.2) is 0 Å². The second-order valence-corrected chi connectivity index (χ2v) is 4.43. The van der Waals surface area contributed by atoms with Crippen molar-refractivity contribution >= 4 is 5.97 Å². The Hall–Kier alpha value is -1.35. The lowest BCUT2D eigenvalue weighted by Gasteiger charge is -2.11. The molecule has 0 heterocycles. The van der Waals surface area contributed by atoms with E-state index in [4.69, 9.17) is 10.8 Å². The normalized spacial score (nSPS) is 18.5. The maximum atomic E-state index is 10.8. The summed E-state index contributed by atoms with van der Waals surface area (Å²) in [5.74, 6) is -0.767. The smallest absolute Gasteiger partial charge is 0.307 e. The number of carboxylic acid groups (broad SMARTS) is 1. The number of hydrogen-bond donors (Lipinski definition) is 2. The molecule has 1 unspecified atom stereocenters. The average molecular weight is 219 g/mol. The Kier molecular flexibility index (Phi) is 2.97. The summed E-state index contributed by atoms with van der Waals surface area (Å²) in [4.78, 5) is 10.8. The van der Waals surface area contributed by atoms with Gasteiger partial charge in [-0.05, 0) is 41.5 Å². The molecule has 1 aliphatic carbocycles. The molecular weight excluding hydrogens is 202 g/mol. The van der Waals surface area contributed by atoms with Crippen molar-refractivity contribution in [3.05, 3.63) is 34.4 Å². The van der Waals surface area contributed by atoms with Crippen LogP contribution in [0.3, 0.4) is 0 Å². The van der Waals surface area contributed by atoms with Crippen LogP contribution in [0, 0.1) is 0 Å². The molecule has 0 saturated heterocycles. The van der Waals surface area contributed by atoms with Crippen molar-refractivity contribution < 1.29 is 9.90 Å². The maximum absolute atomic E-state index is 10.8. The SMILES string of the molecule is CCc1c(CC(=O)O)ccc2c1CC(N)C2. The Balaban J connectivity index is 2.42. The van der Waals surface area contributed by atoms with Crippen LogP contribution in [0.4, 0.5) is 0 Å². The van der Waals surface area contributed by atoms with E-state index >= 15 is 0 Å². The van der Waals surface area contributed by atoms with Crippen molar-refractivity contribution in [2.45, 2.75) is 38.6 Å². The summed E-state index contributed by atoms with van der Waals surface area (Å²) < 4.78 is 0. The van der Waals surface area contributed by atoms with Gasteiger partial charge in [0, 0.05) is 6.04 Å². The zero-order valence-electron chi connectivity index (χ0n) is 9.49. The average Bonchev–Trinajstić information content (AvgIpc) is 2.57. The first-order valence-electron chi connectivity index (χ1n) is 5.71. The topological polar surface area (TPSA) is 63.3 Å². The van der Waals surface area contributed by atoms with Gasteiger partial charge in [-0.15, -0.1) is 0 Å². The van der Waals surface area contributed by atoms with Gasteiger partial charge < -0.3 is 10.8 Å². The van der Waals surface area contributed by atoms with Gasteiger partial charge in [0.1, 0.15) is 0 Å². The van der Waals surface area contributed by atoms with Crippen LogP contribution in [0.15, 0.2) is 12.1 Å². The molecule has 1 aromatic rings. The van der Waals surface area contributed by atoms with Crippen LogP contribution in [0.1, 0.15) is 29.2 Å². The molecule has 0 amide bonds. The lowest BCUT2D eigenvalue weighted by Crippen LogP contribution is -2.19. The number of aliphatic carboxylic acids is 1. The highest BCUT2D eigenvalue weighted by atomic mass is 16.4. The largest absolute Gasteiger partial charge is 0.481 e. The third-order valence-electron chi connectivity index (χ3n) is 3.27. The molecule has 1 atom stereocenters. The monoisotopic (exact) mass is 219 g/mol. The quantitative estimate of drug-likeness (QED) is 0.805. The van der Waals surface area contributed by atoms with E-state index in [9.17, 15) is 4.79 Å². The fourth-order valence-corrected chi connectivity index (χ4v) is 2.62. The van der Waals surface area contributed by atoms with Crippen molar-refractivity contribution in [3.8, 4) is 0 Å². The van der Waals surface area contributed by atoms with Gasteiger partial charge in [-0.25, -0.2) is 0 Å². The van der Waals surface area contributed by atoms with Gasteiger partial charge in [0.2, 0.25) is 0 Å². The van der Waals surface area contributed by atoms with Gasteiger partial charge in [-0.2, -0.15) is 0 Å². The Morgan fingerprint density at radius 3 is 2.88 bits per heavy atom. The molecule has 0 spiro atoms. The van der Waals surface area contributed by atoms with Crippen LogP contribution in [-0.4, -0.2) is 17.1 Å². The molecule has 1 aliphatic rings. The molecule has 0 aromatic heterocycles. The van der Waals surface area contributed by atoms with Crippen LogP contribution in [0.5, 0.6) is 0 Å². The molecular formula is C13H17NO2. The van der Waals surface area contributed by atoms with Crippen molar-refractivity contribution in [1.82, 2.24) is 0 Å². The van der Waals surface area contributed by atoms with Gasteiger partial charge in [-0.1, -0.05) is 19.1 Å². The summed E-state index contributed by atoms with van der Waals surface area (Å²) in [6, 6.07) is 4.20. The summed E-state index contributed by atoms with van der Waals surface area (Å²) in [5, 5.41) is 8.86. The van der Waals surface area contributed by atoms with Crippen molar-refractivity contribution in [3.63, 3.8) is 0 Å². The van der Waals surface area contributed by atoms with E-state index in [0.29, 0.717) is 0 Å². The van der Waals surface area contributed by atoms with E-state index in [0.717, 1.165) is 24.8 Å². The highest BCUT2D eigenvalue weighted by molar-refractivity contribution is 5.71. The fourth-order valence-electron chi connectivity index (χ4n) is 2.62. The molecule has 3 heteroatoms. The van der Waals surface area contributed by atoms with Gasteiger partial charge in [-0.3, -0.25) is 4.79 Å². The zero-order chi connectivity index (χ0) is 11.7. The summed E-state index contributed by atoms with van der Waals surface area (Å²) in [5.41, 5.74) is 10.7. The second kappa shape index (κ2) is 4.26. The predicted octanol–water partition coefficient (Wildman–Crippen LogP) is 1.30. The molecule has 16 heavy (non-hydrogen) atoms. The van der Waals surface area contributed by atoms with Crippen LogP contribution in [0.25, 0.3) is 0 Å². The Morgan fingerprint density at radius 2 is 2.25 bits per heavy atom. The standard InChI is InChI=1S/C13H17NO2/c1-2-11-9(6-13(15)16)4-3-8-5-10(14)7-12(8)11/h3-4,10H,2,5-7,14H2,1H3,(H,15,16). The van der Waals surface area contributed by atoms with Crippen molar-refractivity contribution in [1.29, 1.82) is 0 Å². The van der Waals surface area contributed by atoms with Gasteiger partial charge >= 0.3 is 5.97 Å². The summed E-state index contributed by atoms with van der Waals surface area (Å²) in [6.07, 6.45) is 2.83. The van der Waals surface area contributed by atoms with Crippen LogP contribution in [0.2, 0.25) is 0 Å². The number of benzene rings is 1. The highest BCUT2D eigenvalue weighted by Gasteiger charge is 2.22. The van der Waals surface area contributed by atoms with E-state index in [1.807, 2.05) is 12.1 Å². The lowest BCUT2D eigenvalue weighted by molar-refractivity contribution is -0.136. The molecule has 0 radical (unpaired) electrons. The summed E-state index contributed by atoms with van der Waals surface area (Å²) >= 11 is 0. The Labute approximate surface area is 95.3 Å². The minimum absolute atomic E-state index is 0.117. The first-order valence-corrected chi connectivity index (χ1v) is 5.71. The molecule has 2 rings (SSSR count). The zero-order valence-corrected chi connectivity index (χ0v) is 9.49. The van der Waals surface area contributed by atoms with Gasteiger partial charge in [0.05, 0.1) is 6.42 Å². The highest BCUT2D eigenvalue weighted by Crippen LogP contribution is 2.28. The third kappa shape index (κ3) is 1.95. The van der Waals surface area contributed by atoms with E-state index < -0.39 is 5.97 Å². The molecule has 3 nitrogen and oxygen atoms in total. The fraction of sp³-hybridized carbons (Fsp3) is 0.462. The third-order valence-corrected chi connectivity index (χ3v) is 3.27. The maximum Gasteiger partial charge on any atom is 0.307 e. The van der Waals surface area contributed by atoms with E-state index in [1.165, 1.54) is 16.7 Å². The van der Waals surface area contributed by atoms with E-state index in [-0.39, 0.29) is 12.5 Å². The Bertz CT molecular complexity index is 426. The van der Waals surface area contributed by atoms with Crippen LogP contribution >= 0.6 is 0 Å². The number of fused-ring (bicyclic) bond motifs is 1. The molecule has 86 valence electrons. The molecule has 0 fully saturated rings. The molecule has 0 bridgehead atoms. The number of carbonyl (C=O) groups is 1. The second-order valence-electron chi connectivity index (χ2n) is 4.43. The number of hydrogen-bond acceptors (Lipinski definition) is 2. The minimum Gasteiger partial charge on any atom is -0.481 e. The van der Waals surface area contributed by atoms with Crippen molar-refractivity contribution in [2.75, 3.05) is 0 Å². The number of carboxylic acids is 1. The molecule has 0 saturated carbocycles.